The molecular weight excluding hydrogens is 127 g/mol. The van der Waals surface area contributed by atoms with Gasteiger partial charge in [0, 0.05) is 6.04 Å². The van der Waals surface area contributed by atoms with E-state index >= 15 is 0 Å². The van der Waals surface area contributed by atoms with Crippen molar-refractivity contribution in [2.45, 2.75) is 31.7 Å². The molecule has 0 heterocycles. The molecule has 4 heteroatoms. The maximum atomic E-state index is 10.5. The number of hydrogen-bond donors (Lipinski definition) is 1. The van der Waals surface area contributed by atoms with Crippen LogP contribution in [0.5, 0.6) is 0 Å². The zero-order valence-corrected chi connectivity index (χ0v) is 5.92. The first-order chi connectivity index (χ1) is 4.72. The smallest absolute Gasteiger partial charge is 0.301 e. The molecule has 0 aromatic rings. The van der Waals surface area contributed by atoms with Gasteiger partial charge in [0.15, 0.2) is 0 Å². The molecule has 0 atom stereocenters. The van der Waals surface area contributed by atoms with E-state index in [9.17, 15) is 4.79 Å². The molecule has 1 aliphatic carbocycles. The lowest BCUT2D eigenvalue weighted by Crippen LogP contribution is -2.40. The minimum absolute atomic E-state index is 0.192. The third-order valence-electron chi connectivity index (χ3n) is 1.97. The fourth-order valence-corrected chi connectivity index (χ4v) is 1.36. The van der Waals surface area contributed by atoms with Gasteiger partial charge < -0.3 is 10.5 Å². The number of hydrogen-bond acceptors (Lipinski definition) is 1. The van der Waals surface area contributed by atoms with Crippen molar-refractivity contribution in [1.82, 2.24) is 4.81 Å². The topological polar surface area (TPSA) is 46.3 Å². The van der Waals surface area contributed by atoms with Gasteiger partial charge in [-0.15, -0.1) is 0 Å². The number of nitrogens with two attached hydrogens (primary N) is 1. The van der Waals surface area contributed by atoms with Crippen LogP contribution >= 0.6 is 0 Å². The number of primary amides is 1. The Morgan fingerprint density at radius 1 is 1.50 bits per heavy atom. The predicted molar refractivity (Wildman–Crippen MR) is 39.4 cm³/mol. The Hall–Kier alpha value is -0.665. The summed E-state index contributed by atoms with van der Waals surface area (Å²) in [4.78, 5) is 11.7. The van der Waals surface area contributed by atoms with Crippen LogP contribution in [0.3, 0.4) is 0 Å². The van der Waals surface area contributed by atoms with Gasteiger partial charge in [0.2, 0.25) is 7.98 Å². The second-order valence-corrected chi connectivity index (χ2v) is 2.68. The molecule has 0 aliphatic heterocycles. The fraction of sp³-hybridized carbons (Fsp3) is 0.833. The molecular formula is C6H11BN2O. The van der Waals surface area contributed by atoms with E-state index in [0.29, 0.717) is 0 Å². The third-order valence-corrected chi connectivity index (χ3v) is 1.97. The molecule has 0 bridgehead atoms. The van der Waals surface area contributed by atoms with E-state index in [4.69, 9.17) is 13.7 Å². The lowest BCUT2D eigenvalue weighted by atomic mass is 10.1. The van der Waals surface area contributed by atoms with Crippen molar-refractivity contribution in [3.8, 4) is 0 Å². The van der Waals surface area contributed by atoms with Crippen LogP contribution in [0.4, 0.5) is 4.79 Å². The molecule has 3 nitrogen and oxygen atoms in total. The molecule has 2 N–H and O–H groups in total. The molecule has 0 saturated heterocycles. The molecule has 1 aliphatic rings. The van der Waals surface area contributed by atoms with Crippen molar-refractivity contribution in [1.29, 1.82) is 0 Å². The summed E-state index contributed by atoms with van der Waals surface area (Å²) in [5.74, 6) is 0. The highest BCUT2D eigenvalue weighted by Crippen LogP contribution is 2.21. The highest BCUT2D eigenvalue weighted by molar-refractivity contribution is 6.13. The first-order valence-electron chi connectivity index (χ1n) is 3.55. The standard InChI is InChI=1S/C6H11BN2O/c7-9(6(8)10)5-3-1-2-4-5/h5H,1-4H2,(H2,8,10). The molecule has 54 valence electrons. The molecule has 2 radical (unpaired) electrons. The van der Waals surface area contributed by atoms with Gasteiger partial charge >= 0.3 is 6.03 Å². The Morgan fingerprint density at radius 2 is 2.00 bits per heavy atom. The molecule has 0 aromatic heterocycles. The fourth-order valence-electron chi connectivity index (χ4n) is 1.36. The van der Waals surface area contributed by atoms with Crippen molar-refractivity contribution in [3.05, 3.63) is 0 Å². The Balaban J connectivity index is 2.39. The van der Waals surface area contributed by atoms with E-state index in [1.165, 1.54) is 0 Å². The Bertz CT molecular complexity index is 134. The van der Waals surface area contributed by atoms with Gasteiger partial charge in [0.25, 0.3) is 0 Å². The maximum absolute atomic E-state index is 10.5. The van der Waals surface area contributed by atoms with Gasteiger partial charge in [-0.1, -0.05) is 12.8 Å². The van der Waals surface area contributed by atoms with E-state index in [2.05, 4.69) is 0 Å². The number of rotatable bonds is 1. The van der Waals surface area contributed by atoms with E-state index in [1.807, 2.05) is 0 Å². The highest BCUT2D eigenvalue weighted by Gasteiger charge is 2.20. The van der Waals surface area contributed by atoms with Crippen LogP contribution in [0.2, 0.25) is 0 Å². The average Bonchev–Trinajstić information content (AvgIpc) is 2.36. The SMILES string of the molecule is [B]N(C(N)=O)C1CCCC1. The Morgan fingerprint density at radius 3 is 2.40 bits per heavy atom. The van der Waals surface area contributed by atoms with Crippen LogP contribution < -0.4 is 5.73 Å². The van der Waals surface area contributed by atoms with Crippen molar-refractivity contribution < 1.29 is 4.79 Å². The quantitative estimate of drug-likeness (QED) is 0.523. The Labute approximate surface area is 62.0 Å². The number of urea groups is 1. The summed E-state index contributed by atoms with van der Waals surface area (Å²) < 4.78 is 0. The summed E-state index contributed by atoms with van der Waals surface area (Å²) >= 11 is 0. The molecule has 1 saturated carbocycles. The summed E-state index contributed by atoms with van der Waals surface area (Å²) in [6.07, 6.45) is 4.32. The zero-order chi connectivity index (χ0) is 7.56. The van der Waals surface area contributed by atoms with E-state index in [-0.39, 0.29) is 6.04 Å². The van der Waals surface area contributed by atoms with Crippen LogP contribution in [0.15, 0.2) is 0 Å². The van der Waals surface area contributed by atoms with Crippen molar-refractivity contribution >= 4 is 14.0 Å². The predicted octanol–water partition coefficient (Wildman–Crippen LogP) is 0.393. The molecule has 0 unspecified atom stereocenters. The van der Waals surface area contributed by atoms with Crippen LogP contribution in [0.25, 0.3) is 0 Å². The summed E-state index contributed by atoms with van der Waals surface area (Å²) in [5, 5.41) is 0. The second kappa shape index (κ2) is 2.95. The molecule has 0 aromatic carbocycles. The number of carbonyl (C=O) groups is 1. The lowest BCUT2D eigenvalue weighted by molar-refractivity contribution is 0.223. The number of carbonyl (C=O) groups excluding carboxylic acids is 1. The molecule has 1 rings (SSSR count). The Kier molecular flexibility index (Phi) is 2.19. The second-order valence-electron chi connectivity index (χ2n) is 2.68. The third kappa shape index (κ3) is 1.43. The van der Waals surface area contributed by atoms with Gasteiger partial charge in [-0.25, -0.2) is 0 Å². The molecule has 0 spiro atoms. The highest BCUT2D eigenvalue weighted by atomic mass is 16.2. The van der Waals surface area contributed by atoms with Crippen molar-refractivity contribution in [3.63, 3.8) is 0 Å². The summed E-state index contributed by atoms with van der Waals surface area (Å²) in [6.45, 7) is 0. The monoisotopic (exact) mass is 138 g/mol. The van der Waals surface area contributed by atoms with Gasteiger partial charge in [0.1, 0.15) is 0 Å². The lowest BCUT2D eigenvalue weighted by Gasteiger charge is -2.22. The van der Waals surface area contributed by atoms with Gasteiger partial charge in [-0.2, -0.15) is 0 Å². The number of amides is 2. The van der Waals surface area contributed by atoms with Gasteiger partial charge in [-0.3, -0.25) is 4.79 Å². The number of nitrogens with zero attached hydrogens (tertiary/aromatic N) is 1. The first-order valence-corrected chi connectivity index (χ1v) is 3.55. The van der Waals surface area contributed by atoms with E-state index in [0.717, 1.165) is 30.5 Å². The first kappa shape index (κ1) is 7.44. The minimum atomic E-state index is -0.521. The summed E-state index contributed by atoms with van der Waals surface area (Å²) in [6, 6.07) is -0.329. The van der Waals surface area contributed by atoms with Crippen LogP contribution in [-0.2, 0) is 0 Å². The van der Waals surface area contributed by atoms with E-state index in [1.54, 1.807) is 0 Å². The van der Waals surface area contributed by atoms with Crippen molar-refractivity contribution in [2.75, 3.05) is 0 Å². The van der Waals surface area contributed by atoms with Gasteiger partial charge in [-0.05, 0) is 12.8 Å². The molecule has 10 heavy (non-hydrogen) atoms. The minimum Gasteiger partial charge on any atom is -0.377 e. The normalized spacial score (nSPS) is 19.2. The zero-order valence-electron chi connectivity index (χ0n) is 5.92. The summed E-state index contributed by atoms with van der Waals surface area (Å²) in [7, 11) is 5.38. The maximum Gasteiger partial charge on any atom is 0.301 e. The van der Waals surface area contributed by atoms with Crippen LogP contribution in [0, 0.1) is 0 Å². The van der Waals surface area contributed by atoms with Gasteiger partial charge in [0.05, 0.1) is 0 Å². The summed E-state index contributed by atoms with van der Waals surface area (Å²) in [5.41, 5.74) is 4.98. The molecule has 1 fully saturated rings. The van der Waals surface area contributed by atoms with E-state index < -0.39 is 6.03 Å². The largest absolute Gasteiger partial charge is 0.377 e. The molecule has 2 amide bonds. The van der Waals surface area contributed by atoms with Crippen molar-refractivity contribution in [2.24, 2.45) is 5.73 Å². The average molecular weight is 138 g/mol. The van der Waals surface area contributed by atoms with Crippen LogP contribution in [-0.4, -0.2) is 24.9 Å². The van der Waals surface area contributed by atoms with Crippen LogP contribution in [0.1, 0.15) is 25.7 Å².